The van der Waals surface area contributed by atoms with Gasteiger partial charge in [0, 0.05) is 48.8 Å². The molecule has 264 valence electrons. The van der Waals surface area contributed by atoms with Crippen molar-refractivity contribution >= 4 is 33.4 Å². The minimum atomic E-state index is -4.54. The molecule has 1 aliphatic heterocycles. The number of hydrogen-bond donors (Lipinski definition) is 1. The third-order valence-corrected chi connectivity index (χ3v) is 9.42. The van der Waals surface area contributed by atoms with Crippen LogP contribution in [0.1, 0.15) is 25.8 Å². The first-order chi connectivity index (χ1) is 23.1. The second-order valence-electron chi connectivity index (χ2n) is 11.8. The average Bonchev–Trinajstić information content (AvgIpc) is 3.53. The SMILES string of the molecule is CSCCN1CCCOCC(F)(F)c2ccccc2-c2nc(cnc2-n2ccc(OCC(C)(C)C(F)(F)F)n2)NS(=O)(=O)c2cccc1n2. The predicted molar refractivity (Wildman–Crippen MR) is 175 cm³/mol. The molecule has 3 aromatic heterocycles. The smallest absolute Gasteiger partial charge is 0.397 e. The molecule has 1 aromatic carbocycles. The van der Waals surface area contributed by atoms with Gasteiger partial charge in [-0.05, 0) is 38.7 Å². The zero-order valence-corrected chi connectivity index (χ0v) is 28.4. The Balaban J connectivity index is 1.59. The molecule has 1 aliphatic rings. The van der Waals surface area contributed by atoms with Crippen LogP contribution in [0.3, 0.4) is 0 Å². The van der Waals surface area contributed by atoms with E-state index in [1.54, 1.807) is 23.9 Å². The van der Waals surface area contributed by atoms with Gasteiger partial charge in [-0.25, -0.2) is 19.6 Å². The standard InChI is InChI=1S/C31H34F5N7O4S2/c1-29(2,31(34,35)36)19-47-25-12-14-43(40-25)28-27-21-8-4-5-9-22(21)30(32,33)20-46-16-7-13-42(15-17-48-3)24-10-6-11-26(39-24)49(44,45)41-23(38-27)18-37-28/h4-6,8-12,14,18H,7,13,15-17,19-20H2,1-3H3,(H,38,41). The molecule has 1 N–H and O–H groups in total. The van der Waals surface area contributed by atoms with Crippen LogP contribution >= 0.6 is 11.8 Å². The van der Waals surface area contributed by atoms with Crippen molar-refractivity contribution in [2.24, 2.45) is 5.41 Å². The van der Waals surface area contributed by atoms with Crippen LogP contribution in [0.2, 0.25) is 0 Å². The summed E-state index contributed by atoms with van der Waals surface area (Å²) in [5.74, 6) is -3.04. The van der Waals surface area contributed by atoms with Crippen LogP contribution in [-0.4, -0.2) is 84.2 Å². The zero-order valence-electron chi connectivity index (χ0n) is 26.7. The van der Waals surface area contributed by atoms with E-state index in [9.17, 15) is 21.6 Å². The maximum absolute atomic E-state index is 15.9. The fraction of sp³-hybridized carbons (Fsp3) is 0.419. The van der Waals surface area contributed by atoms with Crippen molar-refractivity contribution in [1.29, 1.82) is 0 Å². The maximum Gasteiger partial charge on any atom is 0.397 e. The minimum Gasteiger partial charge on any atom is -0.476 e. The first-order valence-corrected chi connectivity index (χ1v) is 17.9. The molecule has 0 spiro atoms. The predicted octanol–water partition coefficient (Wildman–Crippen LogP) is 6.17. The number of benzene rings is 1. The summed E-state index contributed by atoms with van der Waals surface area (Å²) in [6.07, 6.45) is 0.129. The van der Waals surface area contributed by atoms with Crippen LogP contribution in [0.5, 0.6) is 5.88 Å². The first-order valence-electron chi connectivity index (χ1n) is 15.0. The Bertz CT molecular complexity index is 1870. The summed E-state index contributed by atoms with van der Waals surface area (Å²) < 4.78 is 113. The van der Waals surface area contributed by atoms with Crippen LogP contribution in [0.4, 0.5) is 33.6 Å². The molecule has 4 aromatic rings. The van der Waals surface area contributed by atoms with Crippen molar-refractivity contribution in [3.05, 3.63) is 66.5 Å². The van der Waals surface area contributed by atoms with E-state index in [1.165, 1.54) is 42.6 Å². The molecule has 49 heavy (non-hydrogen) atoms. The number of sulfonamides is 1. The molecule has 11 nitrogen and oxygen atoms in total. The van der Waals surface area contributed by atoms with E-state index in [0.717, 1.165) is 24.7 Å². The van der Waals surface area contributed by atoms with E-state index in [4.69, 9.17) is 9.47 Å². The van der Waals surface area contributed by atoms with Crippen LogP contribution in [-0.2, 0) is 20.7 Å². The molecule has 0 saturated carbocycles. The Labute approximate surface area is 284 Å². The Morgan fingerprint density at radius 1 is 1.08 bits per heavy atom. The molecule has 0 unspecified atom stereocenters. The van der Waals surface area contributed by atoms with Crippen LogP contribution < -0.4 is 14.4 Å². The zero-order chi connectivity index (χ0) is 35.5. The summed E-state index contributed by atoms with van der Waals surface area (Å²) in [6, 6.07) is 11.3. The number of alkyl halides is 5. The van der Waals surface area contributed by atoms with Crippen molar-refractivity contribution in [3.8, 4) is 23.0 Å². The number of thioether (sulfide) groups is 1. The van der Waals surface area contributed by atoms with Crippen molar-refractivity contribution in [3.63, 3.8) is 0 Å². The summed E-state index contributed by atoms with van der Waals surface area (Å²) in [5, 5.41) is 3.86. The van der Waals surface area contributed by atoms with Gasteiger partial charge >= 0.3 is 6.18 Å². The lowest BCUT2D eigenvalue weighted by Gasteiger charge is -2.26. The second kappa shape index (κ2) is 14.4. The highest BCUT2D eigenvalue weighted by molar-refractivity contribution is 7.98. The molecule has 0 saturated heterocycles. The number of nitrogens with zero attached hydrogens (tertiary/aromatic N) is 6. The summed E-state index contributed by atoms with van der Waals surface area (Å²) in [4.78, 5) is 15.0. The van der Waals surface area contributed by atoms with E-state index < -0.39 is 46.3 Å². The number of hydrogen-bond acceptors (Lipinski definition) is 10. The van der Waals surface area contributed by atoms with Crippen molar-refractivity contribution < 1.29 is 39.8 Å². The highest BCUT2D eigenvalue weighted by Gasteiger charge is 2.48. The average molecular weight is 728 g/mol. The largest absolute Gasteiger partial charge is 0.476 e. The van der Waals surface area contributed by atoms with E-state index in [1.807, 2.05) is 11.2 Å². The van der Waals surface area contributed by atoms with Gasteiger partial charge in [-0.3, -0.25) is 4.72 Å². The first kappa shape index (κ1) is 36.3. The third-order valence-electron chi connectivity index (χ3n) is 7.57. The van der Waals surface area contributed by atoms with Crippen LogP contribution in [0.25, 0.3) is 17.1 Å². The summed E-state index contributed by atoms with van der Waals surface area (Å²) in [5.41, 5.74) is -2.97. The van der Waals surface area contributed by atoms with Gasteiger partial charge in [-0.2, -0.15) is 42.1 Å². The minimum absolute atomic E-state index is 0.00514. The number of ether oxygens (including phenoxy) is 2. The monoisotopic (exact) mass is 727 g/mol. The van der Waals surface area contributed by atoms with E-state index in [-0.39, 0.29) is 40.4 Å². The molecular weight excluding hydrogens is 694 g/mol. The summed E-state index contributed by atoms with van der Waals surface area (Å²) in [6.45, 7) is 1.17. The molecule has 0 fully saturated rings. The van der Waals surface area contributed by atoms with Crippen LogP contribution in [0.15, 0.2) is 66.0 Å². The number of fused-ring (bicyclic) bond motifs is 6. The number of rotatable bonds is 7. The molecule has 4 heterocycles. The number of anilines is 2. The van der Waals surface area contributed by atoms with Crippen molar-refractivity contribution in [2.45, 2.75) is 37.4 Å². The van der Waals surface area contributed by atoms with Gasteiger partial charge in [0.15, 0.2) is 16.7 Å². The molecule has 5 rings (SSSR count). The fourth-order valence-corrected chi connectivity index (χ4v) is 6.08. The van der Waals surface area contributed by atoms with Gasteiger partial charge < -0.3 is 14.4 Å². The van der Waals surface area contributed by atoms with Gasteiger partial charge in [0.05, 0.1) is 11.6 Å². The van der Waals surface area contributed by atoms with Gasteiger partial charge in [0.1, 0.15) is 24.7 Å². The lowest BCUT2D eigenvalue weighted by atomic mass is 9.94. The Morgan fingerprint density at radius 3 is 2.61 bits per heavy atom. The topological polar surface area (TPSA) is 124 Å². The Morgan fingerprint density at radius 2 is 1.86 bits per heavy atom. The van der Waals surface area contributed by atoms with Crippen molar-refractivity contribution in [2.75, 3.05) is 54.5 Å². The molecule has 0 aliphatic carbocycles. The quantitative estimate of drug-likeness (QED) is 0.221. The second-order valence-corrected chi connectivity index (χ2v) is 14.4. The number of aromatic nitrogens is 5. The molecule has 4 bridgehead atoms. The molecule has 0 radical (unpaired) electrons. The van der Waals surface area contributed by atoms with E-state index in [2.05, 4.69) is 24.8 Å². The maximum atomic E-state index is 15.9. The van der Waals surface area contributed by atoms with Gasteiger partial charge in [0.25, 0.3) is 15.9 Å². The normalized spacial score (nSPS) is 16.7. The van der Waals surface area contributed by atoms with E-state index in [0.29, 0.717) is 31.1 Å². The Kier molecular flexibility index (Phi) is 10.7. The number of pyridine rings is 1. The lowest BCUT2D eigenvalue weighted by Crippen LogP contribution is -2.37. The van der Waals surface area contributed by atoms with Crippen LogP contribution in [0, 0.1) is 5.41 Å². The highest BCUT2D eigenvalue weighted by atomic mass is 32.2. The Hall–Kier alpha value is -4.03. The lowest BCUT2D eigenvalue weighted by molar-refractivity contribution is -0.219. The number of nitrogens with one attached hydrogen (secondary N) is 1. The number of halogens is 5. The molecule has 0 atom stereocenters. The third kappa shape index (κ3) is 8.41. The molecular formula is C31H34F5N7O4S2. The highest BCUT2D eigenvalue weighted by Crippen LogP contribution is 2.39. The molecule has 0 amide bonds. The van der Waals surface area contributed by atoms with Gasteiger partial charge in [-0.15, -0.1) is 5.10 Å². The summed E-state index contributed by atoms with van der Waals surface area (Å²) in [7, 11) is -4.34. The van der Waals surface area contributed by atoms with E-state index >= 15 is 8.78 Å². The summed E-state index contributed by atoms with van der Waals surface area (Å²) >= 11 is 1.59. The van der Waals surface area contributed by atoms with Gasteiger partial charge in [-0.1, -0.05) is 30.3 Å². The fourth-order valence-electron chi connectivity index (χ4n) is 4.72. The van der Waals surface area contributed by atoms with Gasteiger partial charge in [0.2, 0.25) is 5.88 Å². The van der Waals surface area contributed by atoms with Crippen molar-refractivity contribution in [1.82, 2.24) is 24.7 Å². The molecule has 18 heteroatoms.